The lowest BCUT2D eigenvalue weighted by Crippen LogP contribution is -2.53. The summed E-state index contributed by atoms with van der Waals surface area (Å²) in [5.41, 5.74) is -0.396. The second kappa shape index (κ2) is 11.2. The molecule has 1 amide bonds. The summed E-state index contributed by atoms with van der Waals surface area (Å²) in [7, 11) is -3.77. The molecule has 0 saturated carbocycles. The number of aliphatic imine (C=N–C) groups is 1. The van der Waals surface area contributed by atoms with Crippen LogP contribution in [0.1, 0.15) is 50.3 Å². The SMILES string of the molecule is CCOc1ccc(S(=O)(=O)N2CCCC2)cc1C1=N[C@@](C)(c2ccc(Cl)cc2)[C@](C)(c2ccc(Cl)cc2)N1C(=O)Cl. The van der Waals surface area contributed by atoms with Gasteiger partial charge in [0.25, 0.3) is 0 Å². The van der Waals surface area contributed by atoms with Gasteiger partial charge in [0, 0.05) is 23.1 Å². The van der Waals surface area contributed by atoms with E-state index in [4.69, 9.17) is 44.5 Å². The summed E-state index contributed by atoms with van der Waals surface area (Å²) in [5.74, 6) is 0.579. The van der Waals surface area contributed by atoms with Crippen LogP contribution in [-0.2, 0) is 21.1 Å². The summed E-state index contributed by atoms with van der Waals surface area (Å²) in [6.45, 7) is 6.86. The molecule has 0 aliphatic carbocycles. The molecule has 0 bridgehead atoms. The summed E-state index contributed by atoms with van der Waals surface area (Å²) in [5, 5.41) is 0.303. The number of benzene rings is 3. The fraction of sp³-hybridized carbons (Fsp3) is 0.333. The van der Waals surface area contributed by atoms with Gasteiger partial charge in [-0.2, -0.15) is 4.31 Å². The minimum atomic E-state index is -3.77. The predicted molar refractivity (Wildman–Crippen MR) is 163 cm³/mol. The summed E-state index contributed by atoms with van der Waals surface area (Å²) in [6, 6.07) is 19.1. The second-order valence-corrected chi connectivity index (χ2v) is 13.5. The van der Waals surface area contributed by atoms with Crippen LogP contribution in [0, 0.1) is 0 Å². The molecule has 0 N–H and O–H groups in total. The van der Waals surface area contributed by atoms with Crippen molar-refractivity contribution >= 4 is 56.0 Å². The van der Waals surface area contributed by atoms with E-state index in [1.807, 2.05) is 45.0 Å². The van der Waals surface area contributed by atoms with E-state index in [1.165, 1.54) is 21.3 Å². The summed E-state index contributed by atoms with van der Waals surface area (Å²) < 4.78 is 34.5. The van der Waals surface area contributed by atoms with Crippen LogP contribution in [0.25, 0.3) is 0 Å². The Morgan fingerprint density at radius 3 is 2.02 bits per heavy atom. The largest absolute Gasteiger partial charge is 0.493 e. The standard InChI is InChI=1S/C30H30Cl3N3O4S/c1-4-40-26-16-15-24(41(38,39)35-17-5-6-18-35)19-25(26)27-34-29(2,20-7-11-22(31)12-8-20)30(3,36(27)28(33)37)21-9-13-23(32)14-10-21/h7-16,19H,4-6,17-18H2,1-3H3/t29-,30-/m0/s1. The van der Waals surface area contributed by atoms with E-state index in [1.54, 1.807) is 30.3 Å². The summed E-state index contributed by atoms with van der Waals surface area (Å²) in [4.78, 5) is 20.1. The molecule has 0 spiro atoms. The maximum atomic E-state index is 13.6. The number of nitrogens with zero attached hydrogens (tertiary/aromatic N) is 3. The van der Waals surface area contributed by atoms with Crippen molar-refractivity contribution in [3.63, 3.8) is 0 Å². The zero-order valence-corrected chi connectivity index (χ0v) is 26.0. The molecule has 11 heteroatoms. The van der Waals surface area contributed by atoms with Crippen molar-refractivity contribution < 1.29 is 17.9 Å². The Labute approximate surface area is 255 Å². The van der Waals surface area contributed by atoms with Crippen LogP contribution in [-0.4, -0.2) is 48.5 Å². The first-order valence-electron chi connectivity index (χ1n) is 13.3. The van der Waals surface area contributed by atoms with Gasteiger partial charge in [0.15, 0.2) is 0 Å². The van der Waals surface area contributed by atoms with Gasteiger partial charge in [-0.1, -0.05) is 47.5 Å². The molecule has 5 rings (SSSR count). The lowest BCUT2D eigenvalue weighted by Gasteiger charge is -2.44. The van der Waals surface area contributed by atoms with Gasteiger partial charge in [-0.15, -0.1) is 0 Å². The summed E-state index contributed by atoms with van der Waals surface area (Å²) >= 11 is 18.9. The molecule has 2 aliphatic rings. The zero-order chi connectivity index (χ0) is 29.6. The van der Waals surface area contributed by atoms with Crippen molar-refractivity contribution in [1.82, 2.24) is 9.21 Å². The highest BCUT2D eigenvalue weighted by Gasteiger charge is 2.59. The topological polar surface area (TPSA) is 79.3 Å². The molecule has 3 aromatic carbocycles. The predicted octanol–water partition coefficient (Wildman–Crippen LogP) is 7.43. The van der Waals surface area contributed by atoms with Crippen molar-refractivity contribution in [2.75, 3.05) is 19.7 Å². The fourth-order valence-corrected chi connectivity index (χ4v) is 7.79. The third-order valence-corrected chi connectivity index (χ3v) is 10.7. The van der Waals surface area contributed by atoms with Crippen LogP contribution >= 0.6 is 34.8 Å². The molecule has 1 saturated heterocycles. The van der Waals surface area contributed by atoms with Crippen LogP contribution in [0.5, 0.6) is 5.75 Å². The maximum absolute atomic E-state index is 13.6. The lowest BCUT2D eigenvalue weighted by atomic mass is 9.71. The number of hydrogen-bond acceptors (Lipinski definition) is 5. The van der Waals surface area contributed by atoms with Crippen LogP contribution in [0.3, 0.4) is 0 Å². The van der Waals surface area contributed by atoms with Gasteiger partial charge >= 0.3 is 5.37 Å². The molecule has 216 valence electrons. The number of ether oxygens (including phenoxy) is 1. The molecule has 0 unspecified atom stereocenters. The molecular formula is C30H30Cl3N3O4S. The van der Waals surface area contributed by atoms with Crippen molar-refractivity contribution in [3.8, 4) is 5.75 Å². The molecule has 2 aliphatic heterocycles. The van der Waals surface area contributed by atoms with Crippen LogP contribution in [0.4, 0.5) is 4.79 Å². The molecule has 2 atom stereocenters. The average molecular weight is 635 g/mol. The number of halogens is 3. The lowest BCUT2D eigenvalue weighted by molar-refractivity contribution is 0.149. The van der Waals surface area contributed by atoms with Gasteiger partial charge in [-0.3, -0.25) is 14.7 Å². The number of rotatable bonds is 7. The first-order valence-corrected chi connectivity index (χ1v) is 15.9. The quantitative estimate of drug-likeness (QED) is 0.200. The van der Waals surface area contributed by atoms with E-state index >= 15 is 0 Å². The van der Waals surface area contributed by atoms with E-state index in [0.717, 1.165) is 24.0 Å². The number of carbonyl (C=O) groups excluding carboxylic acids is 1. The monoisotopic (exact) mass is 633 g/mol. The van der Waals surface area contributed by atoms with Crippen molar-refractivity contribution in [3.05, 3.63) is 93.5 Å². The van der Waals surface area contributed by atoms with E-state index < -0.39 is 26.5 Å². The Balaban J connectivity index is 1.79. The molecule has 2 heterocycles. The van der Waals surface area contributed by atoms with E-state index in [-0.39, 0.29) is 10.7 Å². The van der Waals surface area contributed by atoms with Gasteiger partial charge in [-0.05, 0) is 98.8 Å². The number of amides is 1. The Morgan fingerprint density at radius 1 is 0.927 bits per heavy atom. The van der Waals surface area contributed by atoms with E-state index in [9.17, 15) is 13.2 Å². The van der Waals surface area contributed by atoms with Crippen molar-refractivity contribution in [2.24, 2.45) is 4.99 Å². The van der Waals surface area contributed by atoms with Crippen molar-refractivity contribution in [2.45, 2.75) is 49.6 Å². The fourth-order valence-electron chi connectivity index (χ4n) is 5.75. The van der Waals surface area contributed by atoms with E-state index in [0.29, 0.717) is 41.1 Å². The summed E-state index contributed by atoms with van der Waals surface area (Å²) in [6.07, 6.45) is 1.62. The molecule has 0 aromatic heterocycles. The Hall–Kier alpha value is -2.62. The Morgan fingerprint density at radius 2 is 1.49 bits per heavy atom. The van der Waals surface area contributed by atoms with Gasteiger partial charge in [-0.25, -0.2) is 8.42 Å². The van der Waals surface area contributed by atoms with Crippen LogP contribution in [0.15, 0.2) is 76.6 Å². The Kier molecular flexibility index (Phi) is 8.18. The minimum Gasteiger partial charge on any atom is -0.493 e. The van der Waals surface area contributed by atoms with Gasteiger partial charge in [0.05, 0.1) is 17.1 Å². The highest BCUT2D eigenvalue weighted by molar-refractivity contribution is 7.89. The molecule has 0 radical (unpaired) electrons. The molecular weight excluding hydrogens is 605 g/mol. The highest BCUT2D eigenvalue weighted by Crippen LogP contribution is 2.54. The number of amidine groups is 1. The third kappa shape index (κ3) is 5.04. The highest BCUT2D eigenvalue weighted by atomic mass is 35.5. The minimum absolute atomic E-state index is 0.0933. The first-order chi connectivity index (χ1) is 19.4. The second-order valence-electron chi connectivity index (χ2n) is 10.4. The molecule has 3 aromatic rings. The number of sulfonamides is 1. The number of hydrogen-bond donors (Lipinski definition) is 0. The molecule has 7 nitrogen and oxygen atoms in total. The normalized spacial score (nSPS) is 23.1. The smallest absolute Gasteiger partial charge is 0.322 e. The molecule has 1 fully saturated rings. The van der Waals surface area contributed by atoms with Crippen LogP contribution < -0.4 is 4.74 Å². The third-order valence-electron chi connectivity index (χ3n) is 8.12. The van der Waals surface area contributed by atoms with Crippen LogP contribution in [0.2, 0.25) is 10.0 Å². The van der Waals surface area contributed by atoms with Gasteiger partial charge in [0.2, 0.25) is 10.0 Å². The maximum Gasteiger partial charge on any atom is 0.322 e. The van der Waals surface area contributed by atoms with Gasteiger partial charge in [0.1, 0.15) is 22.7 Å². The van der Waals surface area contributed by atoms with E-state index in [2.05, 4.69) is 0 Å². The zero-order valence-electron chi connectivity index (χ0n) is 22.9. The van der Waals surface area contributed by atoms with Gasteiger partial charge < -0.3 is 4.74 Å². The first kappa shape index (κ1) is 29.9. The average Bonchev–Trinajstić information content (AvgIpc) is 3.57. The van der Waals surface area contributed by atoms with Crippen molar-refractivity contribution in [1.29, 1.82) is 0 Å². The number of carbonyl (C=O) groups is 1. The Bertz CT molecular complexity index is 1610. The molecule has 41 heavy (non-hydrogen) atoms.